The molecule has 0 aliphatic carbocycles. The van der Waals surface area contributed by atoms with Crippen LogP contribution in [0.3, 0.4) is 0 Å². The van der Waals surface area contributed by atoms with Gasteiger partial charge in [0.25, 0.3) is 0 Å². The maximum atomic E-state index is 13.5. The Hall–Kier alpha value is -3.97. The van der Waals surface area contributed by atoms with Gasteiger partial charge in [0.1, 0.15) is 11.4 Å². The number of carbonyl (C=O) groups excluding carboxylic acids is 2. The van der Waals surface area contributed by atoms with E-state index in [1.807, 2.05) is 13.8 Å². The van der Waals surface area contributed by atoms with Crippen molar-refractivity contribution in [2.75, 3.05) is 26.8 Å². The van der Waals surface area contributed by atoms with Gasteiger partial charge in [-0.15, -0.1) is 10.2 Å². The second-order valence-corrected chi connectivity index (χ2v) is 10.1. The fourth-order valence-corrected chi connectivity index (χ4v) is 4.68. The van der Waals surface area contributed by atoms with E-state index in [9.17, 15) is 24.6 Å². The molecule has 0 unspecified atom stereocenters. The van der Waals surface area contributed by atoms with Crippen LogP contribution in [0.25, 0.3) is 22.5 Å². The molecule has 1 aliphatic rings. The number of carboxylic acid groups (broad SMARTS) is 1. The van der Waals surface area contributed by atoms with E-state index in [1.165, 1.54) is 22.7 Å². The number of aliphatic hydroxyl groups is 1. The monoisotopic (exact) mass is 539 g/mol. The lowest BCUT2D eigenvalue weighted by Gasteiger charge is -2.21. The zero-order valence-electron chi connectivity index (χ0n) is 22.1. The molecule has 2 aromatic heterocycles. The van der Waals surface area contributed by atoms with E-state index in [4.69, 9.17) is 4.74 Å². The van der Waals surface area contributed by atoms with Crippen molar-refractivity contribution < 1.29 is 29.3 Å². The Balaban J connectivity index is 1.76. The highest BCUT2D eigenvalue weighted by Crippen LogP contribution is 2.30. The van der Waals surface area contributed by atoms with Crippen LogP contribution in [0.15, 0.2) is 30.6 Å². The summed E-state index contributed by atoms with van der Waals surface area (Å²) >= 11 is 0. The first-order valence-corrected chi connectivity index (χ1v) is 12.9. The standard InChI is InChI=1S/C26H33N7O6/c1-15(2)8-22(25(36)37)32-12-20(28-30-32)17-9-18(11-19(10-17)24(35)16-4-6-27-7-5-16)21-13-33(31-29-21)23(14-34)26(38)39-3/h9-13,15-16,22-23,27,34H,4-8,14H2,1-3H3,(H,36,37)/t22-,23-/m0/s1. The molecule has 208 valence electrons. The second-order valence-electron chi connectivity index (χ2n) is 10.1. The maximum Gasteiger partial charge on any atom is 0.333 e. The summed E-state index contributed by atoms with van der Waals surface area (Å²) in [6, 6.07) is 3.27. The van der Waals surface area contributed by atoms with Crippen LogP contribution in [0.5, 0.6) is 0 Å². The van der Waals surface area contributed by atoms with Gasteiger partial charge in [0.2, 0.25) is 0 Å². The van der Waals surface area contributed by atoms with E-state index >= 15 is 0 Å². The zero-order chi connectivity index (χ0) is 28.1. The fraction of sp³-hybridized carbons (Fsp3) is 0.500. The third-order valence-electron chi connectivity index (χ3n) is 6.80. The minimum atomic E-state index is -1.07. The first-order chi connectivity index (χ1) is 18.7. The minimum absolute atomic E-state index is 0.00889. The fourth-order valence-electron chi connectivity index (χ4n) is 4.68. The van der Waals surface area contributed by atoms with Crippen LogP contribution in [0.2, 0.25) is 0 Å². The number of aliphatic hydroxyl groups excluding tert-OH is 1. The van der Waals surface area contributed by atoms with E-state index in [2.05, 4.69) is 25.9 Å². The van der Waals surface area contributed by atoms with Gasteiger partial charge in [-0.1, -0.05) is 24.3 Å². The van der Waals surface area contributed by atoms with Gasteiger partial charge in [-0.25, -0.2) is 19.0 Å². The molecule has 1 fully saturated rings. The number of hydrogen-bond donors (Lipinski definition) is 3. The van der Waals surface area contributed by atoms with Gasteiger partial charge in [0.15, 0.2) is 17.9 Å². The van der Waals surface area contributed by atoms with Crippen molar-refractivity contribution in [1.29, 1.82) is 0 Å². The molecule has 13 nitrogen and oxygen atoms in total. The first-order valence-electron chi connectivity index (χ1n) is 12.9. The molecule has 1 saturated heterocycles. The number of Topliss-reactive ketones (excluding diaryl/α,β-unsaturated/α-hetero) is 1. The Kier molecular flexibility index (Phi) is 8.82. The van der Waals surface area contributed by atoms with Crippen LogP contribution >= 0.6 is 0 Å². The number of methoxy groups -OCH3 is 1. The molecule has 0 amide bonds. The maximum absolute atomic E-state index is 13.5. The lowest BCUT2D eigenvalue weighted by molar-refractivity contribution is -0.146. The molecule has 4 rings (SSSR count). The topological polar surface area (TPSA) is 174 Å². The lowest BCUT2D eigenvalue weighted by Crippen LogP contribution is -2.31. The molecule has 39 heavy (non-hydrogen) atoms. The predicted molar refractivity (Wildman–Crippen MR) is 139 cm³/mol. The summed E-state index contributed by atoms with van der Waals surface area (Å²) < 4.78 is 7.27. The van der Waals surface area contributed by atoms with Crippen molar-refractivity contribution in [1.82, 2.24) is 35.3 Å². The van der Waals surface area contributed by atoms with Crippen molar-refractivity contribution in [2.24, 2.45) is 11.8 Å². The Morgan fingerprint density at radius 3 is 2.05 bits per heavy atom. The van der Waals surface area contributed by atoms with Gasteiger partial charge in [-0.2, -0.15) is 0 Å². The summed E-state index contributed by atoms with van der Waals surface area (Å²) in [6.45, 7) is 4.86. The van der Waals surface area contributed by atoms with Crippen molar-refractivity contribution in [3.05, 3.63) is 36.2 Å². The third-order valence-corrected chi connectivity index (χ3v) is 6.80. The van der Waals surface area contributed by atoms with Crippen molar-refractivity contribution in [3.8, 4) is 22.5 Å². The molecular weight excluding hydrogens is 506 g/mol. The summed E-state index contributed by atoms with van der Waals surface area (Å²) in [5, 5.41) is 39.1. The van der Waals surface area contributed by atoms with Gasteiger partial charge in [-0.05, 0) is 56.5 Å². The molecule has 3 N–H and O–H groups in total. The minimum Gasteiger partial charge on any atom is -0.480 e. The number of esters is 1. The van der Waals surface area contributed by atoms with Gasteiger partial charge < -0.3 is 20.3 Å². The predicted octanol–water partition coefficient (Wildman–Crippen LogP) is 1.76. The van der Waals surface area contributed by atoms with Crippen LogP contribution in [0.4, 0.5) is 0 Å². The molecule has 1 aromatic carbocycles. The van der Waals surface area contributed by atoms with Crippen molar-refractivity contribution in [3.63, 3.8) is 0 Å². The number of carboxylic acids is 1. The molecule has 0 radical (unpaired) electrons. The van der Waals surface area contributed by atoms with E-state index in [-0.39, 0.29) is 17.6 Å². The highest BCUT2D eigenvalue weighted by molar-refractivity contribution is 6.00. The third kappa shape index (κ3) is 6.37. The van der Waals surface area contributed by atoms with Crippen LogP contribution in [0, 0.1) is 11.8 Å². The molecule has 13 heteroatoms. The molecule has 0 spiro atoms. The quantitative estimate of drug-likeness (QED) is 0.239. The summed E-state index contributed by atoms with van der Waals surface area (Å²) in [4.78, 5) is 37.4. The molecular formula is C26H33N7O6. The van der Waals surface area contributed by atoms with Gasteiger partial charge in [-0.3, -0.25) is 4.79 Å². The molecule has 0 saturated carbocycles. The SMILES string of the molecule is COC(=O)[C@H](CO)n1cc(-c2cc(C(=O)C3CCNCC3)cc(-c3cn([C@@H](CC(C)C)C(=O)O)nn3)c2)nn1. The van der Waals surface area contributed by atoms with Crippen LogP contribution < -0.4 is 5.32 Å². The van der Waals surface area contributed by atoms with Crippen LogP contribution in [-0.4, -0.2) is 84.7 Å². The second kappa shape index (κ2) is 12.3. The number of nitrogens with zero attached hydrogens (tertiary/aromatic N) is 6. The Morgan fingerprint density at radius 2 is 1.56 bits per heavy atom. The summed E-state index contributed by atoms with van der Waals surface area (Å²) in [7, 11) is 1.22. The number of aliphatic carboxylic acids is 1. The summed E-state index contributed by atoms with van der Waals surface area (Å²) in [5.74, 6) is -1.69. The number of ether oxygens (including phenoxy) is 1. The molecule has 0 bridgehead atoms. The highest BCUT2D eigenvalue weighted by Gasteiger charge is 2.27. The number of piperidine rings is 1. The van der Waals surface area contributed by atoms with Crippen molar-refractivity contribution >= 4 is 17.7 Å². The lowest BCUT2D eigenvalue weighted by atomic mass is 9.88. The summed E-state index contributed by atoms with van der Waals surface area (Å²) in [6.07, 6.45) is 4.88. The Bertz CT molecular complexity index is 1330. The number of rotatable bonds is 11. The number of carbonyl (C=O) groups is 3. The van der Waals surface area contributed by atoms with Gasteiger partial charge in [0, 0.05) is 22.6 Å². The van der Waals surface area contributed by atoms with E-state index < -0.39 is 30.6 Å². The Labute approximate surface area is 225 Å². The smallest absolute Gasteiger partial charge is 0.333 e. The highest BCUT2D eigenvalue weighted by atomic mass is 16.5. The summed E-state index contributed by atoms with van der Waals surface area (Å²) in [5.41, 5.74) is 2.34. The molecule has 1 aliphatic heterocycles. The number of benzene rings is 1. The van der Waals surface area contributed by atoms with Gasteiger partial charge >= 0.3 is 11.9 Å². The largest absolute Gasteiger partial charge is 0.480 e. The average Bonchev–Trinajstić information content (AvgIpc) is 3.62. The first kappa shape index (κ1) is 28.0. The van der Waals surface area contributed by atoms with Crippen molar-refractivity contribution in [2.45, 2.75) is 45.2 Å². The number of aromatic nitrogens is 6. The molecule has 3 aromatic rings. The zero-order valence-corrected chi connectivity index (χ0v) is 22.1. The molecule has 3 heterocycles. The molecule has 2 atom stereocenters. The van der Waals surface area contributed by atoms with Crippen LogP contribution in [-0.2, 0) is 14.3 Å². The van der Waals surface area contributed by atoms with E-state index in [0.29, 0.717) is 34.5 Å². The van der Waals surface area contributed by atoms with E-state index in [0.717, 1.165) is 25.9 Å². The number of nitrogens with one attached hydrogen (secondary N) is 1. The number of hydrogen-bond acceptors (Lipinski definition) is 10. The van der Waals surface area contributed by atoms with Crippen LogP contribution in [0.1, 0.15) is 55.6 Å². The number of ketones is 1. The normalized spacial score (nSPS) is 15.7. The van der Waals surface area contributed by atoms with Gasteiger partial charge in [0.05, 0.1) is 26.1 Å². The average molecular weight is 540 g/mol. The van der Waals surface area contributed by atoms with E-state index in [1.54, 1.807) is 24.4 Å². The Morgan fingerprint density at radius 1 is 1.00 bits per heavy atom.